The molecule has 0 fully saturated rings. The molecular formula is C13H17NO. The first-order chi connectivity index (χ1) is 7.25. The number of hydrogen-bond acceptors (Lipinski definition) is 2. The monoisotopic (exact) mass is 203 g/mol. The van der Waals surface area contributed by atoms with Crippen molar-refractivity contribution in [3.63, 3.8) is 0 Å². The van der Waals surface area contributed by atoms with E-state index in [-0.39, 0.29) is 6.10 Å². The highest BCUT2D eigenvalue weighted by atomic mass is 16.3. The van der Waals surface area contributed by atoms with E-state index in [1.165, 1.54) is 5.56 Å². The summed E-state index contributed by atoms with van der Waals surface area (Å²) in [5.74, 6) is 0. The molecule has 0 aliphatic carbocycles. The highest BCUT2D eigenvalue weighted by Gasteiger charge is 2.18. The Hall–Kier alpha value is -1.12. The Bertz CT molecular complexity index is 334. The van der Waals surface area contributed by atoms with Crippen molar-refractivity contribution in [3.05, 3.63) is 48.0 Å². The van der Waals surface area contributed by atoms with Gasteiger partial charge in [0, 0.05) is 19.1 Å². The van der Waals surface area contributed by atoms with Gasteiger partial charge in [-0.2, -0.15) is 0 Å². The third-order valence-corrected chi connectivity index (χ3v) is 2.84. The van der Waals surface area contributed by atoms with Crippen molar-refractivity contribution in [3.8, 4) is 0 Å². The fourth-order valence-electron chi connectivity index (χ4n) is 1.90. The Morgan fingerprint density at radius 3 is 2.73 bits per heavy atom. The summed E-state index contributed by atoms with van der Waals surface area (Å²) in [6.45, 7) is 3.79. The van der Waals surface area contributed by atoms with Crippen LogP contribution in [-0.4, -0.2) is 28.7 Å². The molecule has 0 unspecified atom stereocenters. The second-order valence-electron chi connectivity index (χ2n) is 4.11. The van der Waals surface area contributed by atoms with Gasteiger partial charge in [0.05, 0.1) is 6.10 Å². The average Bonchev–Trinajstić information content (AvgIpc) is 2.25. The Balaban J connectivity index is 2.03. The Kier molecular flexibility index (Phi) is 3.19. The van der Waals surface area contributed by atoms with E-state index in [1.54, 1.807) is 0 Å². The minimum absolute atomic E-state index is 0.315. The molecule has 2 nitrogen and oxygen atoms in total. The van der Waals surface area contributed by atoms with E-state index in [9.17, 15) is 5.11 Å². The van der Waals surface area contributed by atoms with Crippen LogP contribution in [0.2, 0.25) is 0 Å². The normalized spacial score (nSPS) is 26.8. The summed E-state index contributed by atoms with van der Waals surface area (Å²) >= 11 is 0. The summed E-state index contributed by atoms with van der Waals surface area (Å²) in [6, 6.07) is 10.8. The molecule has 1 aromatic carbocycles. The fourth-order valence-corrected chi connectivity index (χ4v) is 1.90. The number of nitrogens with zero attached hydrogens (tertiary/aromatic N) is 1. The average molecular weight is 203 g/mol. The van der Waals surface area contributed by atoms with Crippen LogP contribution in [0.4, 0.5) is 0 Å². The zero-order chi connectivity index (χ0) is 10.7. The first-order valence-electron chi connectivity index (χ1n) is 5.40. The largest absolute Gasteiger partial charge is 0.388 e. The maximum Gasteiger partial charge on any atom is 0.0848 e. The van der Waals surface area contributed by atoms with Gasteiger partial charge in [0.2, 0.25) is 0 Å². The van der Waals surface area contributed by atoms with Crippen LogP contribution in [-0.2, 0) is 6.54 Å². The van der Waals surface area contributed by atoms with Crippen molar-refractivity contribution in [2.75, 3.05) is 6.54 Å². The highest BCUT2D eigenvalue weighted by Crippen LogP contribution is 2.14. The summed E-state index contributed by atoms with van der Waals surface area (Å²) in [5.41, 5.74) is 1.30. The second kappa shape index (κ2) is 4.60. The van der Waals surface area contributed by atoms with E-state index < -0.39 is 0 Å². The van der Waals surface area contributed by atoms with Crippen LogP contribution >= 0.6 is 0 Å². The van der Waals surface area contributed by atoms with Crippen LogP contribution in [0.5, 0.6) is 0 Å². The van der Waals surface area contributed by atoms with Crippen LogP contribution in [0.25, 0.3) is 0 Å². The van der Waals surface area contributed by atoms with E-state index in [0.29, 0.717) is 6.04 Å². The molecule has 1 aliphatic heterocycles. The van der Waals surface area contributed by atoms with Gasteiger partial charge in [-0.1, -0.05) is 42.5 Å². The summed E-state index contributed by atoms with van der Waals surface area (Å²) in [4.78, 5) is 2.28. The zero-order valence-electron chi connectivity index (χ0n) is 9.00. The van der Waals surface area contributed by atoms with Gasteiger partial charge >= 0.3 is 0 Å². The number of benzene rings is 1. The van der Waals surface area contributed by atoms with Gasteiger partial charge in [-0.15, -0.1) is 0 Å². The van der Waals surface area contributed by atoms with Crippen molar-refractivity contribution < 1.29 is 5.11 Å². The van der Waals surface area contributed by atoms with Gasteiger partial charge < -0.3 is 5.11 Å². The third kappa shape index (κ3) is 2.67. The van der Waals surface area contributed by atoms with Gasteiger partial charge in [0.1, 0.15) is 0 Å². The lowest BCUT2D eigenvalue weighted by Crippen LogP contribution is -2.40. The van der Waals surface area contributed by atoms with E-state index in [0.717, 1.165) is 13.1 Å². The number of aliphatic hydroxyl groups is 1. The topological polar surface area (TPSA) is 23.5 Å². The van der Waals surface area contributed by atoms with Crippen molar-refractivity contribution in [1.82, 2.24) is 4.90 Å². The molecule has 80 valence electrons. The number of aliphatic hydroxyl groups excluding tert-OH is 1. The Labute approximate surface area is 90.8 Å². The van der Waals surface area contributed by atoms with E-state index in [2.05, 4.69) is 42.2 Å². The Morgan fingerprint density at radius 1 is 1.27 bits per heavy atom. The molecule has 0 saturated heterocycles. The van der Waals surface area contributed by atoms with Crippen molar-refractivity contribution in [1.29, 1.82) is 0 Å². The molecule has 0 aromatic heterocycles. The molecule has 0 amide bonds. The maximum atomic E-state index is 9.55. The molecule has 1 heterocycles. The molecule has 0 radical (unpaired) electrons. The molecular weight excluding hydrogens is 186 g/mol. The molecule has 1 aliphatic rings. The SMILES string of the molecule is C[C@H]1C=C[C@H](O)CN1Cc1ccccc1. The van der Waals surface area contributed by atoms with Crippen LogP contribution in [0.15, 0.2) is 42.5 Å². The minimum Gasteiger partial charge on any atom is -0.388 e. The number of β-amino-alcohol motifs (C(OH)–C–C–N with tert-alkyl or cyclic N) is 1. The Morgan fingerprint density at radius 2 is 2.00 bits per heavy atom. The predicted octanol–water partition coefficient (Wildman–Crippen LogP) is 1.81. The molecule has 15 heavy (non-hydrogen) atoms. The maximum absolute atomic E-state index is 9.55. The lowest BCUT2D eigenvalue weighted by atomic mass is 10.1. The summed E-state index contributed by atoms with van der Waals surface area (Å²) in [7, 11) is 0. The lowest BCUT2D eigenvalue weighted by Gasteiger charge is -2.32. The van der Waals surface area contributed by atoms with Crippen molar-refractivity contribution in [2.45, 2.75) is 25.6 Å². The van der Waals surface area contributed by atoms with Crippen LogP contribution < -0.4 is 0 Å². The summed E-state index contributed by atoms with van der Waals surface area (Å²) < 4.78 is 0. The lowest BCUT2D eigenvalue weighted by molar-refractivity contribution is 0.114. The smallest absolute Gasteiger partial charge is 0.0848 e. The molecule has 0 spiro atoms. The predicted molar refractivity (Wildman–Crippen MR) is 61.5 cm³/mol. The van der Waals surface area contributed by atoms with E-state index in [1.807, 2.05) is 12.1 Å². The molecule has 0 bridgehead atoms. The summed E-state index contributed by atoms with van der Waals surface area (Å²) in [6.07, 6.45) is 3.63. The zero-order valence-corrected chi connectivity index (χ0v) is 9.00. The molecule has 2 heteroatoms. The first kappa shape index (κ1) is 10.4. The van der Waals surface area contributed by atoms with Crippen LogP contribution in [0.1, 0.15) is 12.5 Å². The number of rotatable bonds is 2. The van der Waals surface area contributed by atoms with Crippen LogP contribution in [0, 0.1) is 0 Å². The van der Waals surface area contributed by atoms with E-state index in [4.69, 9.17) is 0 Å². The second-order valence-corrected chi connectivity index (χ2v) is 4.11. The first-order valence-corrected chi connectivity index (χ1v) is 5.40. The highest BCUT2D eigenvalue weighted by molar-refractivity contribution is 5.15. The van der Waals surface area contributed by atoms with Crippen molar-refractivity contribution in [2.24, 2.45) is 0 Å². The van der Waals surface area contributed by atoms with Gasteiger partial charge in [-0.25, -0.2) is 0 Å². The van der Waals surface area contributed by atoms with Gasteiger partial charge in [-0.05, 0) is 12.5 Å². The summed E-state index contributed by atoms with van der Waals surface area (Å²) in [5, 5.41) is 9.55. The standard InChI is InChI=1S/C13H17NO/c1-11-7-8-13(15)10-14(11)9-12-5-3-2-4-6-12/h2-8,11,13,15H,9-10H2,1H3/t11-,13-/m0/s1. The van der Waals surface area contributed by atoms with E-state index >= 15 is 0 Å². The molecule has 0 saturated carbocycles. The molecule has 2 rings (SSSR count). The van der Waals surface area contributed by atoms with Gasteiger partial charge in [-0.3, -0.25) is 4.90 Å². The molecule has 1 aromatic rings. The quantitative estimate of drug-likeness (QED) is 0.741. The number of hydrogen-bond donors (Lipinski definition) is 1. The molecule has 2 atom stereocenters. The van der Waals surface area contributed by atoms with Gasteiger partial charge in [0.25, 0.3) is 0 Å². The van der Waals surface area contributed by atoms with Gasteiger partial charge in [0.15, 0.2) is 0 Å². The molecule has 1 N–H and O–H groups in total. The van der Waals surface area contributed by atoms with Crippen LogP contribution in [0.3, 0.4) is 0 Å². The third-order valence-electron chi connectivity index (χ3n) is 2.84. The van der Waals surface area contributed by atoms with Crippen molar-refractivity contribution >= 4 is 0 Å². The minimum atomic E-state index is -0.315. The fraction of sp³-hybridized carbons (Fsp3) is 0.385.